The fourth-order valence-corrected chi connectivity index (χ4v) is 4.20. The Morgan fingerprint density at radius 3 is 2.12 bits per heavy atom. The lowest BCUT2D eigenvalue weighted by Gasteiger charge is -2.32. The van der Waals surface area contributed by atoms with Gasteiger partial charge >= 0.3 is 0 Å². The minimum absolute atomic E-state index is 0.201. The second kappa shape index (κ2) is 8.89. The van der Waals surface area contributed by atoms with Crippen LogP contribution in [0.4, 0.5) is 0 Å². The molecule has 0 heteroatoms. The minimum atomic E-state index is 0.201. The van der Waals surface area contributed by atoms with Crippen molar-refractivity contribution in [2.24, 2.45) is 5.92 Å². The number of benzene rings is 2. The summed E-state index contributed by atoms with van der Waals surface area (Å²) in [5.41, 5.74) is 6.11. The summed E-state index contributed by atoms with van der Waals surface area (Å²) in [4.78, 5) is 0. The van der Waals surface area contributed by atoms with E-state index in [1.54, 1.807) is 5.56 Å². The lowest BCUT2D eigenvalue weighted by Crippen LogP contribution is -2.19. The third kappa shape index (κ3) is 5.00. The number of rotatable bonds is 7. The standard InChI is InChI=1S/C26H38/c1-8-9-15-24(20(3)22-13-11-10-12-14-22)21(4)25-18-23(26(5,6)7)17-16-19(25)2/h10-14,16-18,20-21,24H,8-9,15H2,1-7H3. The Kier molecular flexibility index (Phi) is 7.09. The molecule has 142 valence electrons. The Bertz CT molecular complexity index is 675. The van der Waals surface area contributed by atoms with E-state index in [4.69, 9.17) is 0 Å². The Morgan fingerprint density at radius 1 is 0.885 bits per heavy atom. The molecule has 26 heavy (non-hydrogen) atoms. The first kappa shape index (κ1) is 20.7. The van der Waals surface area contributed by atoms with Crippen LogP contribution in [0.15, 0.2) is 48.5 Å². The van der Waals surface area contributed by atoms with Crippen molar-refractivity contribution in [1.29, 1.82) is 0 Å². The quantitative estimate of drug-likeness (QED) is 0.474. The molecule has 3 atom stereocenters. The van der Waals surface area contributed by atoms with Crippen LogP contribution in [0.2, 0.25) is 0 Å². The normalized spacial score (nSPS) is 15.5. The molecule has 0 aliphatic heterocycles. The lowest BCUT2D eigenvalue weighted by atomic mass is 9.72. The van der Waals surface area contributed by atoms with Crippen molar-refractivity contribution < 1.29 is 0 Å². The second-order valence-electron chi connectivity index (χ2n) is 9.12. The van der Waals surface area contributed by atoms with E-state index in [2.05, 4.69) is 97.0 Å². The van der Waals surface area contributed by atoms with Gasteiger partial charge in [-0.05, 0) is 58.8 Å². The van der Waals surface area contributed by atoms with Gasteiger partial charge in [0, 0.05) is 0 Å². The molecule has 2 aromatic rings. The molecule has 0 aliphatic carbocycles. The molecule has 0 aliphatic rings. The van der Waals surface area contributed by atoms with Crippen LogP contribution in [-0.2, 0) is 5.41 Å². The zero-order chi connectivity index (χ0) is 19.3. The molecule has 0 radical (unpaired) electrons. The predicted molar refractivity (Wildman–Crippen MR) is 116 cm³/mol. The van der Waals surface area contributed by atoms with Crippen LogP contribution in [-0.4, -0.2) is 0 Å². The molecule has 0 nitrogen and oxygen atoms in total. The first-order valence-electron chi connectivity index (χ1n) is 10.4. The summed E-state index contributed by atoms with van der Waals surface area (Å²) >= 11 is 0. The number of hydrogen-bond acceptors (Lipinski definition) is 0. The highest BCUT2D eigenvalue weighted by Gasteiger charge is 2.27. The van der Waals surface area contributed by atoms with Crippen molar-refractivity contribution in [3.05, 3.63) is 70.8 Å². The molecule has 0 N–H and O–H groups in total. The van der Waals surface area contributed by atoms with E-state index in [0.29, 0.717) is 17.8 Å². The van der Waals surface area contributed by atoms with Crippen LogP contribution in [0.3, 0.4) is 0 Å². The molecule has 0 saturated carbocycles. The molecule has 0 fully saturated rings. The van der Waals surface area contributed by atoms with Crippen molar-refractivity contribution in [3.63, 3.8) is 0 Å². The van der Waals surface area contributed by atoms with Crippen LogP contribution >= 0.6 is 0 Å². The van der Waals surface area contributed by atoms with E-state index in [0.717, 1.165) is 0 Å². The largest absolute Gasteiger partial charge is 0.0654 e. The van der Waals surface area contributed by atoms with Gasteiger partial charge in [0.2, 0.25) is 0 Å². The minimum Gasteiger partial charge on any atom is -0.0654 e. The highest BCUT2D eigenvalue weighted by atomic mass is 14.3. The number of aryl methyl sites for hydroxylation is 1. The van der Waals surface area contributed by atoms with Gasteiger partial charge in [0.15, 0.2) is 0 Å². The molecular weight excluding hydrogens is 312 g/mol. The fraction of sp³-hybridized carbons (Fsp3) is 0.538. The highest BCUT2D eigenvalue weighted by molar-refractivity contribution is 5.37. The Balaban J connectivity index is 2.39. The number of unbranched alkanes of at least 4 members (excludes halogenated alkanes) is 1. The van der Waals surface area contributed by atoms with Crippen LogP contribution in [0.5, 0.6) is 0 Å². The summed E-state index contributed by atoms with van der Waals surface area (Å²) in [6, 6.07) is 18.2. The Morgan fingerprint density at radius 2 is 1.54 bits per heavy atom. The van der Waals surface area contributed by atoms with E-state index in [1.165, 1.54) is 36.0 Å². The maximum absolute atomic E-state index is 2.48. The molecule has 0 amide bonds. The second-order valence-corrected chi connectivity index (χ2v) is 9.12. The Labute approximate surface area is 162 Å². The SMILES string of the molecule is CCCCC(C(C)c1ccccc1)C(C)c1cc(C(C)(C)C)ccc1C. The lowest BCUT2D eigenvalue weighted by molar-refractivity contribution is 0.346. The zero-order valence-corrected chi connectivity index (χ0v) is 18.0. The van der Waals surface area contributed by atoms with Crippen LogP contribution in [0, 0.1) is 12.8 Å². The molecule has 0 heterocycles. The maximum atomic E-state index is 2.48. The van der Waals surface area contributed by atoms with Gasteiger partial charge in [-0.3, -0.25) is 0 Å². The van der Waals surface area contributed by atoms with Crippen LogP contribution < -0.4 is 0 Å². The van der Waals surface area contributed by atoms with Gasteiger partial charge in [0.25, 0.3) is 0 Å². The van der Waals surface area contributed by atoms with Gasteiger partial charge < -0.3 is 0 Å². The first-order valence-corrected chi connectivity index (χ1v) is 10.4. The molecule has 2 rings (SSSR count). The molecular formula is C26H38. The van der Waals surface area contributed by atoms with Crippen LogP contribution in [0.25, 0.3) is 0 Å². The van der Waals surface area contributed by atoms with Crippen molar-refractivity contribution in [3.8, 4) is 0 Å². The van der Waals surface area contributed by atoms with E-state index in [9.17, 15) is 0 Å². The van der Waals surface area contributed by atoms with Gasteiger partial charge in [-0.25, -0.2) is 0 Å². The van der Waals surface area contributed by atoms with Gasteiger partial charge in [0.1, 0.15) is 0 Å². The van der Waals surface area contributed by atoms with E-state index >= 15 is 0 Å². The van der Waals surface area contributed by atoms with Crippen LogP contribution in [0.1, 0.15) is 94.9 Å². The summed E-state index contributed by atoms with van der Waals surface area (Å²) in [6.07, 6.45) is 3.88. The van der Waals surface area contributed by atoms with Gasteiger partial charge in [-0.15, -0.1) is 0 Å². The third-order valence-electron chi connectivity index (χ3n) is 6.14. The molecule has 0 spiro atoms. The van der Waals surface area contributed by atoms with E-state index in [-0.39, 0.29) is 5.41 Å². The predicted octanol–water partition coefficient (Wildman–Crippen LogP) is 8.01. The summed E-state index contributed by atoms with van der Waals surface area (Å²) in [6.45, 7) is 16.4. The fourth-order valence-electron chi connectivity index (χ4n) is 4.20. The summed E-state index contributed by atoms with van der Waals surface area (Å²) in [5.74, 6) is 1.82. The Hall–Kier alpha value is -1.56. The molecule has 2 aromatic carbocycles. The summed E-state index contributed by atoms with van der Waals surface area (Å²) in [7, 11) is 0. The topological polar surface area (TPSA) is 0 Å². The smallest absolute Gasteiger partial charge is 0.0132 e. The monoisotopic (exact) mass is 350 g/mol. The van der Waals surface area contributed by atoms with E-state index < -0.39 is 0 Å². The average Bonchev–Trinajstić information content (AvgIpc) is 2.61. The maximum Gasteiger partial charge on any atom is -0.0132 e. The van der Waals surface area contributed by atoms with Gasteiger partial charge in [-0.1, -0.05) is 103 Å². The third-order valence-corrected chi connectivity index (χ3v) is 6.14. The van der Waals surface area contributed by atoms with Crippen molar-refractivity contribution in [1.82, 2.24) is 0 Å². The van der Waals surface area contributed by atoms with Gasteiger partial charge in [-0.2, -0.15) is 0 Å². The van der Waals surface area contributed by atoms with Crippen molar-refractivity contribution in [2.75, 3.05) is 0 Å². The van der Waals surface area contributed by atoms with E-state index in [1.807, 2.05) is 0 Å². The zero-order valence-electron chi connectivity index (χ0n) is 18.0. The molecule has 0 bridgehead atoms. The first-order chi connectivity index (χ1) is 12.3. The molecule has 3 unspecified atom stereocenters. The van der Waals surface area contributed by atoms with Crippen molar-refractivity contribution >= 4 is 0 Å². The highest BCUT2D eigenvalue weighted by Crippen LogP contribution is 2.41. The molecule has 0 aromatic heterocycles. The van der Waals surface area contributed by atoms with Crippen molar-refractivity contribution in [2.45, 2.75) is 85.0 Å². The molecule has 0 saturated heterocycles. The average molecular weight is 351 g/mol. The summed E-state index contributed by atoms with van der Waals surface area (Å²) in [5, 5.41) is 0. The van der Waals surface area contributed by atoms with Gasteiger partial charge in [0.05, 0.1) is 0 Å². The number of hydrogen-bond donors (Lipinski definition) is 0. The summed E-state index contributed by atoms with van der Waals surface area (Å²) < 4.78 is 0.